The molecule has 1 aromatic carbocycles. The molecule has 0 spiro atoms. The lowest BCUT2D eigenvalue weighted by atomic mass is 9.96. The van der Waals surface area contributed by atoms with Gasteiger partial charge in [0.1, 0.15) is 12.4 Å². The van der Waals surface area contributed by atoms with E-state index in [2.05, 4.69) is 60.6 Å². The van der Waals surface area contributed by atoms with Gasteiger partial charge in [0.05, 0.1) is 11.3 Å². The zero-order chi connectivity index (χ0) is 19.4. The van der Waals surface area contributed by atoms with Crippen molar-refractivity contribution in [1.29, 1.82) is 0 Å². The van der Waals surface area contributed by atoms with Crippen molar-refractivity contribution >= 4 is 0 Å². The Morgan fingerprint density at radius 1 is 1.15 bits per heavy atom. The van der Waals surface area contributed by atoms with Crippen LogP contribution in [0.3, 0.4) is 0 Å². The highest BCUT2D eigenvalue weighted by Crippen LogP contribution is 2.26. The third-order valence-corrected chi connectivity index (χ3v) is 5.62. The highest BCUT2D eigenvalue weighted by atomic mass is 16.5. The summed E-state index contributed by atoms with van der Waals surface area (Å²) in [6.45, 7) is 11.6. The lowest BCUT2D eigenvalue weighted by Gasteiger charge is -2.27. The quantitative estimate of drug-likeness (QED) is 0.837. The highest BCUT2D eigenvalue weighted by molar-refractivity contribution is 5.33. The van der Waals surface area contributed by atoms with Crippen LogP contribution in [0.4, 0.5) is 0 Å². The van der Waals surface area contributed by atoms with Crippen molar-refractivity contribution in [2.45, 2.75) is 65.1 Å². The molecule has 2 heterocycles. The molecule has 1 atom stereocenters. The zero-order valence-electron chi connectivity index (χ0n) is 17.1. The Balaban J connectivity index is 1.56. The number of nitrogens with zero attached hydrogens (tertiary/aromatic N) is 3. The maximum Gasteiger partial charge on any atom is 0.119 e. The number of hydrogen-bond acceptors (Lipinski definition) is 4. The lowest BCUT2D eigenvalue weighted by Crippen LogP contribution is -2.37. The molecule has 0 amide bonds. The van der Waals surface area contributed by atoms with Gasteiger partial charge >= 0.3 is 0 Å². The fourth-order valence-electron chi connectivity index (χ4n) is 3.72. The van der Waals surface area contributed by atoms with E-state index < -0.39 is 5.60 Å². The van der Waals surface area contributed by atoms with Gasteiger partial charge in [-0.25, -0.2) is 0 Å². The van der Waals surface area contributed by atoms with E-state index in [1.165, 1.54) is 16.8 Å². The maximum absolute atomic E-state index is 11.1. The molecular weight excluding hydrogens is 338 g/mol. The summed E-state index contributed by atoms with van der Waals surface area (Å²) >= 11 is 0. The normalized spacial score (nSPS) is 21.4. The third-order valence-electron chi connectivity index (χ3n) is 5.62. The summed E-state index contributed by atoms with van der Waals surface area (Å²) in [5.41, 5.74) is 2.95. The van der Waals surface area contributed by atoms with Gasteiger partial charge in [-0.2, -0.15) is 5.10 Å². The van der Waals surface area contributed by atoms with Crippen molar-refractivity contribution in [3.05, 3.63) is 47.3 Å². The van der Waals surface area contributed by atoms with Crippen LogP contribution in [-0.2, 0) is 6.54 Å². The molecule has 148 valence electrons. The number of hydrogen-bond donors (Lipinski definition) is 1. The maximum atomic E-state index is 11.1. The van der Waals surface area contributed by atoms with E-state index in [0.717, 1.165) is 44.6 Å². The van der Waals surface area contributed by atoms with Crippen LogP contribution in [0, 0.1) is 13.8 Å². The van der Waals surface area contributed by atoms with Crippen LogP contribution in [0.15, 0.2) is 30.5 Å². The summed E-state index contributed by atoms with van der Waals surface area (Å²) in [6.07, 6.45) is 4.36. The van der Waals surface area contributed by atoms with Crippen molar-refractivity contribution in [2.75, 3.05) is 19.7 Å². The number of rotatable bonds is 6. The summed E-state index contributed by atoms with van der Waals surface area (Å²) < 4.78 is 8.03. The number of aromatic nitrogens is 2. The molecule has 0 bridgehead atoms. The Morgan fingerprint density at radius 2 is 1.96 bits per heavy atom. The van der Waals surface area contributed by atoms with Crippen molar-refractivity contribution in [3.63, 3.8) is 0 Å². The minimum Gasteiger partial charge on any atom is -0.491 e. The fourth-order valence-corrected chi connectivity index (χ4v) is 3.72. The SMILES string of the molecule is Cc1ccc(OCC2(O)CCCN(Cc3ccnn3C(C)C)CC2)cc1C. The molecule has 1 saturated heterocycles. The van der Waals surface area contributed by atoms with Crippen LogP contribution in [0.1, 0.15) is 56.0 Å². The summed E-state index contributed by atoms with van der Waals surface area (Å²) in [5.74, 6) is 0.841. The number of likely N-dealkylation sites (tertiary alicyclic amines) is 1. The molecule has 1 aliphatic heterocycles. The van der Waals surface area contributed by atoms with E-state index in [-0.39, 0.29) is 0 Å². The predicted octanol–water partition coefficient (Wildman–Crippen LogP) is 3.88. The average molecular weight is 372 g/mol. The average Bonchev–Trinajstić information content (AvgIpc) is 3.01. The van der Waals surface area contributed by atoms with E-state index in [0.29, 0.717) is 12.6 Å². The fraction of sp³-hybridized carbons (Fsp3) is 0.591. The third kappa shape index (κ3) is 5.11. The van der Waals surface area contributed by atoms with E-state index in [1.54, 1.807) is 0 Å². The van der Waals surface area contributed by atoms with Crippen LogP contribution >= 0.6 is 0 Å². The van der Waals surface area contributed by atoms with E-state index in [9.17, 15) is 5.11 Å². The first-order chi connectivity index (χ1) is 12.9. The largest absolute Gasteiger partial charge is 0.491 e. The predicted molar refractivity (Wildman–Crippen MR) is 108 cm³/mol. The molecule has 1 fully saturated rings. The molecule has 0 radical (unpaired) electrons. The first-order valence-corrected chi connectivity index (χ1v) is 10.0. The van der Waals surface area contributed by atoms with Gasteiger partial charge in [-0.05, 0) is 82.8 Å². The van der Waals surface area contributed by atoms with Gasteiger partial charge < -0.3 is 9.84 Å². The number of aliphatic hydroxyl groups is 1. The van der Waals surface area contributed by atoms with Crippen LogP contribution in [0.2, 0.25) is 0 Å². The summed E-state index contributed by atoms with van der Waals surface area (Å²) in [6, 6.07) is 8.57. The van der Waals surface area contributed by atoms with Crippen molar-refractivity contribution in [1.82, 2.24) is 14.7 Å². The second kappa shape index (κ2) is 8.44. The Bertz CT molecular complexity index is 756. The van der Waals surface area contributed by atoms with Gasteiger partial charge in [0, 0.05) is 25.3 Å². The Kier molecular flexibility index (Phi) is 6.22. The molecule has 5 nitrogen and oxygen atoms in total. The number of ether oxygens (including phenoxy) is 1. The van der Waals surface area contributed by atoms with Gasteiger partial charge in [0.2, 0.25) is 0 Å². The number of aryl methyl sites for hydroxylation is 2. The molecule has 3 rings (SSSR count). The summed E-state index contributed by atoms with van der Waals surface area (Å²) in [5, 5.41) is 15.5. The minimum atomic E-state index is -0.758. The molecule has 1 aromatic heterocycles. The molecule has 0 aliphatic carbocycles. The molecule has 2 aromatic rings. The van der Waals surface area contributed by atoms with E-state index in [1.807, 2.05) is 12.3 Å². The van der Waals surface area contributed by atoms with Crippen LogP contribution in [0.25, 0.3) is 0 Å². The van der Waals surface area contributed by atoms with E-state index in [4.69, 9.17) is 4.74 Å². The highest BCUT2D eigenvalue weighted by Gasteiger charge is 2.31. The first kappa shape index (κ1) is 19.9. The molecule has 1 unspecified atom stereocenters. The smallest absolute Gasteiger partial charge is 0.119 e. The van der Waals surface area contributed by atoms with Crippen molar-refractivity contribution in [3.8, 4) is 5.75 Å². The number of benzene rings is 1. The van der Waals surface area contributed by atoms with Gasteiger partial charge in [0.15, 0.2) is 0 Å². The topological polar surface area (TPSA) is 50.5 Å². The van der Waals surface area contributed by atoms with Crippen molar-refractivity contribution < 1.29 is 9.84 Å². The van der Waals surface area contributed by atoms with Crippen molar-refractivity contribution in [2.24, 2.45) is 0 Å². The second-order valence-electron chi connectivity index (χ2n) is 8.25. The monoisotopic (exact) mass is 371 g/mol. The molecule has 5 heteroatoms. The van der Waals surface area contributed by atoms with E-state index >= 15 is 0 Å². The molecule has 0 saturated carbocycles. The zero-order valence-corrected chi connectivity index (χ0v) is 17.1. The molecule has 1 N–H and O–H groups in total. The summed E-state index contributed by atoms with van der Waals surface area (Å²) in [7, 11) is 0. The molecular formula is C22H33N3O2. The summed E-state index contributed by atoms with van der Waals surface area (Å²) in [4.78, 5) is 2.42. The second-order valence-corrected chi connectivity index (χ2v) is 8.25. The van der Waals surface area contributed by atoms with Gasteiger partial charge in [0.25, 0.3) is 0 Å². The molecule has 27 heavy (non-hydrogen) atoms. The van der Waals surface area contributed by atoms with Crippen LogP contribution in [0.5, 0.6) is 5.75 Å². The Labute approximate surface area is 163 Å². The minimum absolute atomic E-state index is 0.354. The van der Waals surface area contributed by atoms with Gasteiger partial charge in [-0.3, -0.25) is 9.58 Å². The Hall–Kier alpha value is -1.85. The lowest BCUT2D eigenvalue weighted by molar-refractivity contribution is -0.0169. The van der Waals surface area contributed by atoms with Gasteiger partial charge in [-0.1, -0.05) is 6.07 Å². The van der Waals surface area contributed by atoms with Gasteiger partial charge in [-0.15, -0.1) is 0 Å². The van der Waals surface area contributed by atoms with Crippen LogP contribution in [-0.4, -0.2) is 45.1 Å². The Morgan fingerprint density at radius 3 is 2.70 bits per heavy atom. The van der Waals surface area contributed by atoms with Crippen LogP contribution < -0.4 is 4.74 Å². The first-order valence-electron chi connectivity index (χ1n) is 10.0. The standard InChI is InChI=1S/C22H33N3O2/c1-17(2)25-20(8-11-23-25)15-24-12-5-9-22(26,10-13-24)16-27-21-7-6-18(3)19(4)14-21/h6-8,11,14,17,26H,5,9-10,12-13,15-16H2,1-4H3. The molecule has 1 aliphatic rings.